The number of para-hydroxylation sites is 1. The zero-order valence-electron chi connectivity index (χ0n) is 18.2. The van der Waals surface area contributed by atoms with E-state index in [2.05, 4.69) is 42.3 Å². The first-order valence-corrected chi connectivity index (χ1v) is 10.9. The van der Waals surface area contributed by atoms with Gasteiger partial charge in [0.15, 0.2) is 0 Å². The Balaban J connectivity index is 1.89. The quantitative estimate of drug-likeness (QED) is 0.483. The minimum atomic E-state index is -0.300. The molecule has 1 aliphatic heterocycles. The molecular weight excluding hydrogens is 391 g/mol. The van der Waals surface area contributed by atoms with Crippen molar-refractivity contribution in [2.45, 2.75) is 39.7 Å². The Morgan fingerprint density at radius 3 is 2.65 bits per heavy atom. The third-order valence-electron chi connectivity index (χ3n) is 6.30. The van der Waals surface area contributed by atoms with E-state index in [0.717, 1.165) is 59.3 Å². The molecule has 4 aromatic rings. The summed E-state index contributed by atoms with van der Waals surface area (Å²) in [6.45, 7) is 5.87. The van der Waals surface area contributed by atoms with Gasteiger partial charge in [0.1, 0.15) is 11.6 Å². The highest BCUT2D eigenvalue weighted by atomic mass is 19.1. The Labute approximate surface area is 181 Å². The number of rotatable bonds is 5. The molecule has 5 nitrogen and oxygen atoms in total. The summed E-state index contributed by atoms with van der Waals surface area (Å²) in [5.41, 5.74) is 7.83. The van der Waals surface area contributed by atoms with Gasteiger partial charge in [0.05, 0.1) is 29.7 Å². The van der Waals surface area contributed by atoms with Gasteiger partial charge in [-0.1, -0.05) is 32.0 Å². The summed E-state index contributed by atoms with van der Waals surface area (Å²) < 4.78 is 23.1. The van der Waals surface area contributed by atoms with Crippen molar-refractivity contribution in [3.05, 3.63) is 64.7 Å². The number of aromatic nitrogens is 3. The van der Waals surface area contributed by atoms with Gasteiger partial charge in [-0.2, -0.15) is 5.10 Å². The van der Waals surface area contributed by atoms with Crippen LogP contribution in [0.2, 0.25) is 0 Å². The van der Waals surface area contributed by atoms with E-state index >= 15 is 4.39 Å². The molecule has 2 aromatic carbocycles. The molecule has 160 valence electrons. The molecule has 0 amide bonds. The second kappa shape index (κ2) is 7.85. The Bertz CT molecular complexity index is 1250. The summed E-state index contributed by atoms with van der Waals surface area (Å²) in [6, 6.07) is 9.79. The van der Waals surface area contributed by atoms with Crippen molar-refractivity contribution in [3.63, 3.8) is 0 Å². The number of ether oxygens (including phenoxy) is 1. The van der Waals surface area contributed by atoms with E-state index in [1.54, 1.807) is 7.11 Å². The van der Waals surface area contributed by atoms with Crippen LogP contribution < -0.4 is 10.1 Å². The van der Waals surface area contributed by atoms with Crippen LogP contribution in [-0.2, 0) is 25.8 Å². The highest BCUT2D eigenvalue weighted by Gasteiger charge is 2.28. The standard InChI is InChI=1S/C25H27FN4O/c1-4-15-7-6-8-16(5-2)24(15)30-25(18-14-27-11-10-20(18)29-30)22-17-9-12-28-23(17)21(31-3)13-19(22)26/h6-9,12-13,27-28H,4-5,10-11,14H2,1-3H3. The van der Waals surface area contributed by atoms with Crippen LogP contribution >= 0.6 is 0 Å². The van der Waals surface area contributed by atoms with Crippen LogP contribution in [0.3, 0.4) is 0 Å². The molecule has 31 heavy (non-hydrogen) atoms. The number of nitrogens with zero attached hydrogens (tertiary/aromatic N) is 2. The molecule has 2 aromatic heterocycles. The molecule has 0 saturated carbocycles. The van der Waals surface area contributed by atoms with Crippen LogP contribution in [0.15, 0.2) is 36.5 Å². The highest BCUT2D eigenvalue weighted by molar-refractivity contribution is 5.99. The molecular formula is C25H27FN4O. The van der Waals surface area contributed by atoms with Crippen molar-refractivity contribution in [1.29, 1.82) is 0 Å². The summed E-state index contributed by atoms with van der Waals surface area (Å²) in [7, 11) is 1.57. The molecule has 3 heterocycles. The molecule has 0 saturated heterocycles. The van der Waals surface area contributed by atoms with Crippen LogP contribution in [0, 0.1) is 5.82 Å². The average Bonchev–Trinajstić information content (AvgIpc) is 3.43. The third kappa shape index (κ3) is 3.05. The number of benzene rings is 2. The zero-order chi connectivity index (χ0) is 21.5. The molecule has 5 rings (SSSR count). The SMILES string of the molecule is CCc1cccc(CC)c1-n1nc2c(c1-c1c(F)cc(OC)c3[nH]ccc13)CNCC2. The summed E-state index contributed by atoms with van der Waals surface area (Å²) >= 11 is 0. The normalized spacial score (nSPS) is 13.5. The number of fused-ring (bicyclic) bond motifs is 2. The first-order valence-electron chi connectivity index (χ1n) is 10.9. The van der Waals surface area contributed by atoms with Gasteiger partial charge >= 0.3 is 0 Å². The molecule has 0 spiro atoms. The van der Waals surface area contributed by atoms with Crippen LogP contribution in [0.25, 0.3) is 27.8 Å². The van der Waals surface area contributed by atoms with Gasteiger partial charge in [-0.25, -0.2) is 9.07 Å². The van der Waals surface area contributed by atoms with Gasteiger partial charge in [-0.15, -0.1) is 0 Å². The smallest absolute Gasteiger partial charge is 0.145 e. The number of methoxy groups -OCH3 is 1. The Morgan fingerprint density at radius 1 is 1.16 bits per heavy atom. The maximum Gasteiger partial charge on any atom is 0.145 e. The second-order valence-corrected chi connectivity index (χ2v) is 7.95. The van der Waals surface area contributed by atoms with E-state index in [1.165, 1.54) is 17.2 Å². The lowest BCUT2D eigenvalue weighted by molar-refractivity contribution is 0.416. The largest absolute Gasteiger partial charge is 0.494 e. The zero-order valence-corrected chi connectivity index (χ0v) is 18.2. The van der Waals surface area contributed by atoms with E-state index < -0.39 is 0 Å². The maximum atomic E-state index is 15.7. The van der Waals surface area contributed by atoms with E-state index in [9.17, 15) is 0 Å². The van der Waals surface area contributed by atoms with Crippen molar-refractivity contribution in [3.8, 4) is 22.7 Å². The summed E-state index contributed by atoms with van der Waals surface area (Å²) in [4.78, 5) is 3.22. The van der Waals surface area contributed by atoms with Gasteiger partial charge in [0.2, 0.25) is 0 Å². The molecule has 0 bridgehead atoms. The average molecular weight is 419 g/mol. The van der Waals surface area contributed by atoms with Crippen LogP contribution in [-0.4, -0.2) is 28.4 Å². The number of hydrogen-bond acceptors (Lipinski definition) is 3. The fourth-order valence-corrected chi connectivity index (χ4v) is 4.78. The van der Waals surface area contributed by atoms with Crippen LogP contribution in [0.5, 0.6) is 5.75 Å². The van der Waals surface area contributed by atoms with Crippen molar-refractivity contribution >= 4 is 10.9 Å². The first kappa shape index (κ1) is 19.8. The predicted octanol–water partition coefficient (Wildman–Crippen LogP) is 4.94. The minimum Gasteiger partial charge on any atom is -0.494 e. The summed E-state index contributed by atoms with van der Waals surface area (Å²) in [5, 5.41) is 9.31. The van der Waals surface area contributed by atoms with Crippen LogP contribution in [0.4, 0.5) is 4.39 Å². The molecule has 2 N–H and O–H groups in total. The first-order chi connectivity index (χ1) is 15.2. The minimum absolute atomic E-state index is 0.300. The van der Waals surface area contributed by atoms with Gasteiger partial charge in [-0.05, 0) is 30.0 Å². The molecule has 0 aliphatic carbocycles. The van der Waals surface area contributed by atoms with Crippen molar-refractivity contribution in [1.82, 2.24) is 20.1 Å². The fourth-order valence-electron chi connectivity index (χ4n) is 4.78. The molecule has 0 fully saturated rings. The Kier molecular flexibility index (Phi) is 5.02. The van der Waals surface area contributed by atoms with Gasteiger partial charge in [-0.3, -0.25) is 0 Å². The van der Waals surface area contributed by atoms with Crippen LogP contribution in [0.1, 0.15) is 36.2 Å². The second-order valence-electron chi connectivity index (χ2n) is 7.95. The molecule has 6 heteroatoms. The third-order valence-corrected chi connectivity index (χ3v) is 6.30. The number of halogens is 1. The number of hydrogen-bond donors (Lipinski definition) is 2. The number of aryl methyl sites for hydroxylation is 2. The maximum absolute atomic E-state index is 15.7. The highest BCUT2D eigenvalue weighted by Crippen LogP contribution is 2.41. The summed E-state index contributed by atoms with van der Waals surface area (Å²) in [6.07, 6.45) is 4.43. The van der Waals surface area contributed by atoms with E-state index in [1.807, 2.05) is 16.9 Å². The number of nitrogens with one attached hydrogen (secondary N) is 2. The van der Waals surface area contributed by atoms with E-state index in [4.69, 9.17) is 9.84 Å². The fraction of sp³-hybridized carbons (Fsp3) is 0.320. The topological polar surface area (TPSA) is 54.9 Å². The molecule has 0 unspecified atom stereocenters. The molecule has 0 atom stereocenters. The van der Waals surface area contributed by atoms with Gasteiger partial charge < -0.3 is 15.0 Å². The summed E-state index contributed by atoms with van der Waals surface area (Å²) in [5.74, 6) is 0.202. The lowest BCUT2D eigenvalue weighted by Crippen LogP contribution is -2.23. The number of H-pyrrole nitrogens is 1. The van der Waals surface area contributed by atoms with E-state index in [-0.39, 0.29) is 5.82 Å². The Morgan fingerprint density at radius 2 is 1.94 bits per heavy atom. The molecule has 1 aliphatic rings. The van der Waals surface area contributed by atoms with Crippen molar-refractivity contribution < 1.29 is 9.13 Å². The monoisotopic (exact) mass is 418 g/mol. The molecule has 0 radical (unpaired) electrons. The van der Waals surface area contributed by atoms with E-state index in [0.29, 0.717) is 17.9 Å². The van der Waals surface area contributed by atoms with Crippen molar-refractivity contribution in [2.75, 3.05) is 13.7 Å². The lowest BCUT2D eigenvalue weighted by Gasteiger charge is -2.19. The van der Waals surface area contributed by atoms with Crippen molar-refractivity contribution in [2.24, 2.45) is 0 Å². The van der Waals surface area contributed by atoms with Gasteiger partial charge in [0, 0.05) is 48.3 Å². The number of aromatic amines is 1. The Hall–Kier alpha value is -3.12. The lowest BCUT2D eigenvalue weighted by atomic mass is 9.97. The predicted molar refractivity (Wildman–Crippen MR) is 122 cm³/mol. The van der Waals surface area contributed by atoms with Gasteiger partial charge in [0.25, 0.3) is 0 Å².